The van der Waals surface area contributed by atoms with Crippen molar-refractivity contribution in [2.24, 2.45) is 16.9 Å². The van der Waals surface area contributed by atoms with Gasteiger partial charge in [-0.1, -0.05) is 13.8 Å². The fourth-order valence-electron chi connectivity index (χ4n) is 4.67. The van der Waals surface area contributed by atoms with E-state index in [-0.39, 0.29) is 28.2 Å². The van der Waals surface area contributed by atoms with Crippen molar-refractivity contribution in [2.75, 3.05) is 20.1 Å². The lowest BCUT2D eigenvalue weighted by Gasteiger charge is -2.34. The molecule has 1 saturated heterocycles. The van der Waals surface area contributed by atoms with Crippen LogP contribution in [0.15, 0.2) is 52.5 Å². The minimum Gasteiger partial charge on any atom is -0.432 e. The van der Waals surface area contributed by atoms with E-state index in [1.807, 2.05) is 13.8 Å². The predicted octanol–water partition coefficient (Wildman–Crippen LogP) is 4.02. The Morgan fingerprint density at radius 1 is 1.08 bits per heavy atom. The molecule has 200 valence electrons. The van der Waals surface area contributed by atoms with Crippen LogP contribution >= 0.6 is 0 Å². The number of hydrazone groups is 1. The van der Waals surface area contributed by atoms with Gasteiger partial charge in [-0.05, 0) is 73.2 Å². The van der Waals surface area contributed by atoms with Crippen molar-refractivity contribution in [1.29, 1.82) is 0 Å². The molecule has 0 bridgehead atoms. The highest BCUT2D eigenvalue weighted by Crippen LogP contribution is 2.30. The number of carbonyl (C=O) groups excluding carboxylic acids is 1. The van der Waals surface area contributed by atoms with Crippen LogP contribution in [0.3, 0.4) is 0 Å². The summed E-state index contributed by atoms with van der Waals surface area (Å²) in [6.45, 7) is 6.63. The van der Waals surface area contributed by atoms with Crippen molar-refractivity contribution in [2.45, 2.75) is 44.6 Å². The molecule has 37 heavy (non-hydrogen) atoms. The number of benzene rings is 2. The summed E-state index contributed by atoms with van der Waals surface area (Å²) in [5.41, 5.74) is 0.208. The van der Waals surface area contributed by atoms with Crippen LogP contribution in [0, 0.1) is 18.8 Å². The first kappa shape index (κ1) is 26.9. The Labute approximate surface area is 214 Å². The molecular formula is C25H29F3N4O4S. The number of carbonyl (C=O) groups is 1. The van der Waals surface area contributed by atoms with Crippen LogP contribution in [0.2, 0.25) is 0 Å². The number of sulfonamides is 1. The molecule has 2 aliphatic rings. The Morgan fingerprint density at radius 3 is 2.27 bits per heavy atom. The quantitative estimate of drug-likeness (QED) is 0.621. The van der Waals surface area contributed by atoms with Gasteiger partial charge >= 0.3 is 6.18 Å². The van der Waals surface area contributed by atoms with E-state index in [1.54, 1.807) is 14.0 Å². The van der Waals surface area contributed by atoms with Crippen LogP contribution in [0.4, 0.5) is 13.2 Å². The van der Waals surface area contributed by atoms with E-state index in [9.17, 15) is 26.4 Å². The van der Waals surface area contributed by atoms with Crippen molar-refractivity contribution in [3.63, 3.8) is 0 Å². The van der Waals surface area contributed by atoms with E-state index in [2.05, 4.69) is 10.4 Å². The summed E-state index contributed by atoms with van der Waals surface area (Å²) in [6.07, 6.45) is -4.47. The zero-order valence-corrected chi connectivity index (χ0v) is 21.7. The van der Waals surface area contributed by atoms with Gasteiger partial charge in [-0.15, -0.1) is 5.10 Å². The second kappa shape index (κ2) is 9.97. The van der Waals surface area contributed by atoms with Crippen LogP contribution in [0.25, 0.3) is 0 Å². The Hall–Kier alpha value is -3.12. The van der Waals surface area contributed by atoms with Crippen LogP contribution in [-0.4, -0.2) is 56.0 Å². The van der Waals surface area contributed by atoms with Gasteiger partial charge in [-0.3, -0.25) is 10.1 Å². The molecule has 0 saturated carbocycles. The summed E-state index contributed by atoms with van der Waals surface area (Å²) in [5, 5.41) is 8.13. The summed E-state index contributed by atoms with van der Waals surface area (Å²) in [6, 6.07) is 8.72. The van der Waals surface area contributed by atoms with Gasteiger partial charge in [0.1, 0.15) is 0 Å². The predicted molar refractivity (Wildman–Crippen MR) is 131 cm³/mol. The minimum absolute atomic E-state index is 0.0594. The minimum atomic E-state index is -4.46. The Balaban J connectivity index is 1.44. The second-order valence-electron chi connectivity index (χ2n) is 9.75. The standard InChI is InChI=1S/C25H29F3N4O4S/c1-15-11-16(2)14-32(13-15)37(34,35)21-10-7-19(12-17(21)3)22(33)29-24-31(4)30-23(36-24)18-5-8-20(9-6-18)25(26,27)28/h5-10,12,15-16,24H,11,13-14H2,1-4H3,(H,29,33)/t15-,16+,24?. The molecule has 0 aliphatic carbocycles. The van der Waals surface area contributed by atoms with Crippen molar-refractivity contribution in [1.82, 2.24) is 14.6 Å². The smallest absolute Gasteiger partial charge is 0.416 e. The van der Waals surface area contributed by atoms with E-state index >= 15 is 0 Å². The van der Waals surface area contributed by atoms with Crippen molar-refractivity contribution in [3.05, 3.63) is 64.7 Å². The molecule has 2 aliphatic heterocycles. The Kier molecular flexibility index (Phi) is 7.26. The van der Waals surface area contributed by atoms with Crippen LogP contribution in [-0.2, 0) is 20.9 Å². The first-order chi connectivity index (χ1) is 17.3. The molecule has 0 aromatic heterocycles. The third-order valence-electron chi connectivity index (χ3n) is 6.42. The van der Waals surface area contributed by atoms with E-state index in [1.165, 1.54) is 39.6 Å². The summed E-state index contributed by atoms with van der Waals surface area (Å²) >= 11 is 0. The number of piperidine rings is 1. The molecule has 3 atom stereocenters. The van der Waals surface area contributed by atoms with Gasteiger partial charge < -0.3 is 4.74 Å². The molecule has 1 N–H and O–H groups in total. The van der Waals surface area contributed by atoms with Crippen molar-refractivity contribution >= 4 is 21.8 Å². The van der Waals surface area contributed by atoms with Crippen molar-refractivity contribution in [3.8, 4) is 0 Å². The third kappa shape index (κ3) is 5.74. The fraction of sp³-hybridized carbons (Fsp3) is 0.440. The highest BCUT2D eigenvalue weighted by atomic mass is 32.2. The van der Waals surface area contributed by atoms with Crippen LogP contribution in [0.1, 0.15) is 47.3 Å². The number of ether oxygens (including phenoxy) is 1. The summed E-state index contributed by atoms with van der Waals surface area (Å²) in [7, 11) is -2.16. The van der Waals surface area contributed by atoms with Crippen molar-refractivity contribution < 1.29 is 31.1 Å². The molecule has 1 unspecified atom stereocenters. The largest absolute Gasteiger partial charge is 0.432 e. The highest BCUT2D eigenvalue weighted by Gasteiger charge is 2.34. The SMILES string of the molecule is Cc1cc(C(=O)NC2OC(c3ccc(C(F)(F)F)cc3)=NN2C)ccc1S(=O)(=O)N1C[C@H](C)C[C@H](C)C1. The molecule has 1 amide bonds. The molecule has 2 aromatic rings. The zero-order chi connectivity index (χ0) is 27.1. The average Bonchev–Trinajstić information content (AvgIpc) is 3.17. The lowest BCUT2D eigenvalue weighted by Crippen LogP contribution is -2.43. The number of halogens is 3. The van der Waals surface area contributed by atoms with E-state index < -0.39 is 34.0 Å². The third-order valence-corrected chi connectivity index (χ3v) is 8.41. The average molecular weight is 539 g/mol. The number of rotatable bonds is 5. The highest BCUT2D eigenvalue weighted by molar-refractivity contribution is 7.89. The number of hydrogen-bond acceptors (Lipinski definition) is 6. The van der Waals surface area contributed by atoms with E-state index in [0.29, 0.717) is 24.2 Å². The number of aryl methyl sites for hydroxylation is 1. The lowest BCUT2D eigenvalue weighted by molar-refractivity contribution is -0.137. The zero-order valence-electron chi connectivity index (χ0n) is 20.9. The second-order valence-corrected chi connectivity index (χ2v) is 11.7. The van der Waals surface area contributed by atoms with Gasteiger partial charge in [-0.2, -0.15) is 17.5 Å². The van der Waals surface area contributed by atoms with E-state index in [4.69, 9.17) is 4.74 Å². The van der Waals surface area contributed by atoms with Gasteiger partial charge in [-0.25, -0.2) is 13.4 Å². The van der Waals surface area contributed by atoms with Crippen LogP contribution in [0.5, 0.6) is 0 Å². The normalized spacial score (nSPS) is 22.9. The topological polar surface area (TPSA) is 91.3 Å². The van der Waals surface area contributed by atoms with Crippen LogP contribution < -0.4 is 5.32 Å². The first-order valence-electron chi connectivity index (χ1n) is 11.8. The molecule has 4 rings (SSSR count). The number of hydrogen-bond donors (Lipinski definition) is 1. The maximum atomic E-state index is 13.3. The fourth-order valence-corrected chi connectivity index (χ4v) is 6.55. The number of alkyl halides is 3. The summed E-state index contributed by atoms with van der Waals surface area (Å²) in [4.78, 5) is 13.1. The number of amides is 1. The maximum Gasteiger partial charge on any atom is 0.416 e. The van der Waals surface area contributed by atoms with E-state index in [0.717, 1.165) is 18.6 Å². The van der Waals surface area contributed by atoms with Gasteiger partial charge in [0, 0.05) is 31.3 Å². The maximum absolute atomic E-state index is 13.3. The molecule has 2 heterocycles. The molecule has 0 radical (unpaired) electrons. The van der Waals surface area contributed by atoms with Gasteiger partial charge in [0.05, 0.1) is 10.5 Å². The summed E-state index contributed by atoms with van der Waals surface area (Å²) in [5.74, 6) is 0.0704. The monoisotopic (exact) mass is 538 g/mol. The molecule has 8 nitrogen and oxygen atoms in total. The number of nitrogens with one attached hydrogen (secondary N) is 1. The molecule has 12 heteroatoms. The molecule has 1 fully saturated rings. The van der Waals surface area contributed by atoms with Gasteiger partial charge in [0.2, 0.25) is 15.9 Å². The molecule has 2 aromatic carbocycles. The summed E-state index contributed by atoms with van der Waals surface area (Å²) < 4.78 is 72.1. The Bertz CT molecular complexity index is 1300. The van der Waals surface area contributed by atoms with Gasteiger partial charge in [0.15, 0.2) is 0 Å². The first-order valence-corrected chi connectivity index (χ1v) is 13.3. The van der Waals surface area contributed by atoms with Gasteiger partial charge in [0.25, 0.3) is 12.3 Å². The Morgan fingerprint density at radius 2 is 1.70 bits per heavy atom. The lowest BCUT2D eigenvalue weighted by atomic mass is 9.94. The number of nitrogens with zero attached hydrogens (tertiary/aromatic N) is 3. The molecular weight excluding hydrogens is 509 g/mol. The molecule has 0 spiro atoms.